The first-order chi connectivity index (χ1) is 14.4. The first-order valence-corrected chi connectivity index (χ1v) is 12.2. The topological polar surface area (TPSA) is 66.8 Å². The predicted molar refractivity (Wildman–Crippen MR) is 113 cm³/mol. The summed E-state index contributed by atoms with van der Waals surface area (Å²) in [6.45, 7) is 6.58. The van der Waals surface area contributed by atoms with Gasteiger partial charge in [-0.15, -0.1) is 0 Å². The van der Waals surface area contributed by atoms with Crippen LogP contribution in [0.1, 0.15) is 78.6 Å². The van der Waals surface area contributed by atoms with E-state index in [-0.39, 0.29) is 42.0 Å². The molecule has 4 fully saturated rings. The average molecular weight is 443 g/mol. The van der Waals surface area contributed by atoms with Gasteiger partial charge in [0.05, 0.1) is 13.2 Å². The van der Waals surface area contributed by atoms with Crippen molar-refractivity contribution in [1.29, 1.82) is 0 Å². The van der Waals surface area contributed by atoms with Crippen LogP contribution in [0.2, 0.25) is 0 Å². The highest BCUT2D eigenvalue weighted by atomic mass is 19.3. The van der Waals surface area contributed by atoms with E-state index in [0.717, 1.165) is 32.1 Å². The number of esters is 1. The lowest BCUT2D eigenvalue weighted by atomic mass is 9.43. The molecule has 0 aromatic heterocycles. The SMILES string of the molecule is COC(=O)CC[C@@H](C)[C@H]1CCC2C3C(CC[C@@]21C)[C@@]1(C)CC(F)(F)[C@@H](O)C[C@H]1C[C@H]3O. The maximum atomic E-state index is 14.6. The number of hydrogen-bond donors (Lipinski definition) is 2. The van der Waals surface area contributed by atoms with Gasteiger partial charge in [-0.2, -0.15) is 0 Å². The molecule has 6 heteroatoms. The molecule has 0 spiro atoms. The lowest BCUT2D eigenvalue weighted by Crippen LogP contribution is -2.62. The molecule has 0 bridgehead atoms. The van der Waals surface area contributed by atoms with E-state index in [4.69, 9.17) is 4.74 Å². The van der Waals surface area contributed by atoms with Gasteiger partial charge < -0.3 is 14.9 Å². The summed E-state index contributed by atoms with van der Waals surface area (Å²) in [5.74, 6) is -1.90. The number of methoxy groups -OCH3 is 1. The number of hydrogen-bond acceptors (Lipinski definition) is 4. The van der Waals surface area contributed by atoms with Crippen molar-refractivity contribution in [2.45, 2.75) is 96.7 Å². The Hall–Kier alpha value is -0.750. The number of rotatable bonds is 4. The van der Waals surface area contributed by atoms with Crippen LogP contribution in [0.25, 0.3) is 0 Å². The highest BCUT2D eigenvalue weighted by Gasteiger charge is 2.66. The fourth-order valence-electron chi connectivity index (χ4n) is 8.85. The zero-order valence-electron chi connectivity index (χ0n) is 19.4. The minimum atomic E-state index is -3.04. The van der Waals surface area contributed by atoms with E-state index in [9.17, 15) is 23.8 Å². The molecule has 4 rings (SSSR count). The molecule has 0 aromatic rings. The summed E-state index contributed by atoms with van der Waals surface area (Å²) in [5.41, 5.74) is -0.444. The van der Waals surface area contributed by atoms with Crippen LogP contribution in [0.4, 0.5) is 8.78 Å². The van der Waals surface area contributed by atoms with Crippen LogP contribution in [0.5, 0.6) is 0 Å². The van der Waals surface area contributed by atoms with Gasteiger partial charge in [0.25, 0.3) is 5.92 Å². The zero-order chi connectivity index (χ0) is 22.8. The van der Waals surface area contributed by atoms with Crippen molar-refractivity contribution in [3.63, 3.8) is 0 Å². The molecular formula is C25H40F2O4. The van der Waals surface area contributed by atoms with E-state index >= 15 is 0 Å². The molecule has 31 heavy (non-hydrogen) atoms. The van der Waals surface area contributed by atoms with Crippen molar-refractivity contribution in [2.24, 2.45) is 46.3 Å². The smallest absolute Gasteiger partial charge is 0.305 e. The van der Waals surface area contributed by atoms with Crippen LogP contribution in [-0.4, -0.2) is 41.4 Å². The van der Waals surface area contributed by atoms with Gasteiger partial charge in [-0.05, 0) is 91.3 Å². The van der Waals surface area contributed by atoms with E-state index in [2.05, 4.69) is 13.8 Å². The standard InChI is InChI=1S/C25H40F2O4/c1-14(5-8-21(30)31-4)16-6-7-17-22-18(9-10-23(16,17)2)24(3)13-25(26,27)20(29)12-15(24)11-19(22)28/h14-20,22,28-29H,5-13H2,1-4H3/t14-,15-,16-,17?,18?,19-,20+,22?,23-,24+/m1/s1. The molecule has 178 valence electrons. The fraction of sp³-hybridized carbons (Fsp3) is 0.960. The van der Waals surface area contributed by atoms with E-state index in [0.29, 0.717) is 30.6 Å². The summed E-state index contributed by atoms with van der Waals surface area (Å²) in [6.07, 6.45) is 3.51. The average Bonchev–Trinajstić information content (AvgIpc) is 3.05. The molecule has 0 aromatic carbocycles. The minimum Gasteiger partial charge on any atom is -0.469 e. The van der Waals surface area contributed by atoms with Crippen molar-refractivity contribution in [2.75, 3.05) is 7.11 Å². The lowest BCUT2D eigenvalue weighted by Gasteiger charge is -2.63. The first-order valence-electron chi connectivity index (χ1n) is 12.2. The third kappa shape index (κ3) is 3.64. The maximum absolute atomic E-state index is 14.6. The number of halogens is 2. The Morgan fingerprint density at radius 1 is 1.10 bits per heavy atom. The molecule has 3 unspecified atom stereocenters. The normalized spacial score (nSPS) is 49.5. The van der Waals surface area contributed by atoms with Gasteiger partial charge in [0, 0.05) is 12.8 Å². The van der Waals surface area contributed by atoms with Crippen LogP contribution < -0.4 is 0 Å². The minimum absolute atomic E-state index is 0.0427. The van der Waals surface area contributed by atoms with Crippen LogP contribution in [-0.2, 0) is 9.53 Å². The Labute approximate surface area is 185 Å². The van der Waals surface area contributed by atoms with Gasteiger partial charge in [-0.1, -0.05) is 20.8 Å². The number of aliphatic hydroxyl groups excluding tert-OH is 2. The van der Waals surface area contributed by atoms with Gasteiger partial charge in [-0.25, -0.2) is 8.78 Å². The first kappa shape index (κ1) is 23.4. The molecule has 0 aliphatic heterocycles. The second-order valence-corrected chi connectivity index (χ2v) is 11.8. The largest absolute Gasteiger partial charge is 0.469 e. The predicted octanol–water partition coefficient (Wildman–Crippen LogP) is 4.81. The van der Waals surface area contributed by atoms with Gasteiger partial charge >= 0.3 is 5.97 Å². The zero-order valence-corrected chi connectivity index (χ0v) is 19.4. The molecule has 0 saturated heterocycles. The number of carbonyl (C=O) groups excluding carboxylic acids is 1. The third-order valence-corrected chi connectivity index (χ3v) is 10.5. The van der Waals surface area contributed by atoms with Gasteiger partial charge in [-0.3, -0.25) is 4.79 Å². The van der Waals surface area contributed by atoms with Crippen LogP contribution in [0.3, 0.4) is 0 Å². The molecule has 0 heterocycles. The molecular weight excluding hydrogens is 402 g/mol. The quantitative estimate of drug-likeness (QED) is 0.613. The number of ether oxygens (including phenoxy) is 1. The molecule has 4 aliphatic carbocycles. The van der Waals surface area contributed by atoms with Crippen LogP contribution in [0.15, 0.2) is 0 Å². The molecule has 4 nitrogen and oxygen atoms in total. The Bertz CT molecular complexity index is 699. The van der Waals surface area contributed by atoms with E-state index in [1.54, 1.807) is 0 Å². The molecule has 4 aliphatic rings. The van der Waals surface area contributed by atoms with E-state index < -0.39 is 23.5 Å². The van der Waals surface area contributed by atoms with Gasteiger partial charge in [0.1, 0.15) is 6.10 Å². The summed E-state index contributed by atoms with van der Waals surface area (Å²) in [5, 5.41) is 21.2. The summed E-state index contributed by atoms with van der Waals surface area (Å²) in [6, 6.07) is 0. The van der Waals surface area contributed by atoms with Gasteiger partial charge in [0.2, 0.25) is 0 Å². The van der Waals surface area contributed by atoms with Crippen molar-refractivity contribution < 1.29 is 28.5 Å². The van der Waals surface area contributed by atoms with Crippen molar-refractivity contribution >= 4 is 5.97 Å². The van der Waals surface area contributed by atoms with Crippen LogP contribution >= 0.6 is 0 Å². The number of aliphatic hydroxyl groups is 2. The molecule has 0 radical (unpaired) electrons. The van der Waals surface area contributed by atoms with Crippen molar-refractivity contribution in [3.05, 3.63) is 0 Å². The summed E-state index contributed by atoms with van der Waals surface area (Å²) in [4.78, 5) is 11.6. The monoisotopic (exact) mass is 442 g/mol. The Balaban J connectivity index is 1.56. The lowest BCUT2D eigenvalue weighted by molar-refractivity contribution is -0.236. The van der Waals surface area contributed by atoms with Gasteiger partial charge in [0.15, 0.2) is 0 Å². The molecule has 10 atom stereocenters. The number of fused-ring (bicyclic) bond motifs is 5. The Morgan fingerprint density at radius 2 is 1.77 bits per heavy atom. The van der Waals surface area contributed by atoms with Crippen molar-refractivity contribution in [3.8, 4) is 0 Å². The number of alkyl halides is 2. The van der Waals surface area contributed by atoms with E-state index in [1.807, 2.05) is 6.92 Å². The summed E-state index contributed by atoms with van der Waals surface area (Å²) >= 11 is 0. The second-order valence-electron chi connectivity index (χ2n) is 11.8. The van der Waals surface area contributed by atoms with E-state index in [1.165, 1.54) is 7.11 Å². The Kier molecular flexibility index (Phi) is 5.99. The van der Waals surface area contributed by atoms with Crippen LogP contribution in [0, 0.1) is 46.3 Å². The molecule has 0 amide bonds. The number of carbonyl (C=O) groups is 1. The molecule has 4 saturated carbocycles. The Morgan fingerprint density at radius 3 is 2.45 bits per heavy atom. The highest BCUT2D eigenvalue weighted by Crippen LogP contribution is 2.69. The molecule has 2 N–H and O–H groups in total. The maximum Gasteiger partial charge on any atom is 0.305 e. The third-order valence-electron chi connectivity index (χ3n) is 10.5. The summed E-state index contributed by atoms with van der Waals surface area (Å²) < 4.78 is 34.0. The summed E-state index contributed by atoms with van der Waals surface area (Å²) in [7, 11) is 1.42. The highest BCUT2D eigenvalue weighted by molar-refractivity contribution is 5.69. The second kappa shape index (κ2) is 7.93. The van der Waals surface area contributed by atoms with Crippen molar-refractivity contribution in [1.82, 2.24) is 0 Å². The fourth-order valence-corrected chi connectivity index (χ4v) is 8.85.